The average Bonchev–Trinajstić information content (AvgIpc) is 2.67. The Balaban J connectivity index is 2.12. The number of benzene rings is 1. The first-order valence-corrected chi connectivity index (χ1v) is 5.29. The van der Waals surface area contributed by atoms with Crippen LogP contribution in [0.25, 0.3) is 6.08 Å². The predicted octanol–water partition coefficient (Wildman–Crippen LogP) is 1.54. The van der Waals surface area contributed by atoms with Crippen LogP contribution in [0, 0.1) is 5.82 Å². The van der Waals surface area contributed by atoms with Gasteiger partial charge in [0.15, 0.2) is 0 Å². The summed E-state index contributed by atoms with van der Waals surface area (Å²) in [5, 5.41) is 2.00. The Morgan fingerprint density at radius 1 is 1.33 bits per heavy atom. The molecule has 1 saturated heterocycles. The molecule has 92 valence electrons. The summed E-state index contributed by atoms with van der Waals surface area (Å²) in [5.41, 5.74) is 0.740. The molecule has 2 heterocycles. The minimum atomic E-state index is -1.16. The molecule has 1 N–H and O–H groups in total. The first kappa shape index (κ1) is 10.8. The number of imide groups is 1. The van der Waals surface area contributed by atoms with Gasteiger partial charge in [0.05, 0.1) is 0 Å². The van der Waals surface area contributed by atoms with Gasteiger partial charge in [0.2, 0.25) is 6.10 Å². The zero-order chi connectivity index (χ0) is 12.7. The molecule has 2 amide bonds. The lowest BCUT2D eigenvalue weighted by Crippen LogP contribution is -2.21. The second-order valence-electron chi connectivity index (χ2n) is 3.90. The van der Waals surface area contributed by atoms with Crippen LogP contribution in [0.5, 0.6) is 5.75 Å². The molecular formula is C12H8FNO4. The molecular weight excluding hydrogens is 241 g/mol. The minimum absolute atomic E-state index is 0.220. The second-order valence-corrected chi connectivity index (χ2v) is 3.90. The molecule has 0 spiro atoms. The molecule has 1 aromatic carbocycles. The van der Waals surface area contributed by atoms with E-state index in [0.29, 0.717) is 17.9 Å². The number of nitrogens with one attached hydrogen (secondary N) is 1. The van der Waals surface area contributed by atoms with Gasteiger partial charge in [-0.3, -0.25) is 10.1 Å². The van der Waals surface area contributed by atoms with Crippen LogP contribution < -0.4 is 10.1 Å². The molecule has 6 heteroatoms. The summed E-state index contributed by atoms with van der Waals surface area (Å²) < 4.78 is 23.7. The first-order valence-electron chi connectivity index (χ1n) is 5.29. The quantitative estimate of drug-likeness (QED) is 0.819. The third kappa shape index (κ3) is 1.62. The molecule has 0 radical (unpaired) electrons. The molecule has 5 nitrogen and oxygen atoms in total. The molecule has 1 fully saturated rings. The van der Waals surface area contributed by atoms with Gasteiger partial charge >= 0.3 is 6.09 Å². The van der Waals surface area contributed by atoms with Crippen molar-refractivity contribution in [3.63, 3.8) is 0 Å². The fourth-order valence-electron chi connectivity index (χ4n) is 1.99. The Bertz CT molecular complexity index is 582. The van der Waals surface area contributed by atoms with Crippen molar-refractivity contribution in [2.75, 3.05) is 6.61 Å². The van der Waals surface area contributed by atoms with Gasteiger partial charge in [-0.15, -0.1) is 0 Å². The van der Waals surface area contributed by atoms with E-state index in [0.717, 1.165) is 6.07 Å². The predicted molar refractivity (Wildman–Crippen MR) is 58.3 cm³/mol. The van der Waals surface area contributed by atoms with E-state index in [9.17, 15) is 14.0 Å². The fraction of sp³-hybridized carbons (Fsp3) is 0.167. The van der Waals surface area contributed by atoms with Crippen molar-refractivity contribution < 1.29 is 23.5 Å². The van der Waals surface area contributed by atoms with E-state index < -0.39 is 23.9 Å². The highest BCUT2D eigenvalue weighted by Gasteiger charge is 2.36. The Morgan fingerprint density at radius 3 is 2.89 bits per heavy atom. The van der Waals surface area contributed by atoms with Crippen molar-refractivity contribution in [3.8, 4) is 5.75 Å². The van der Waals surface area contributed by atoms with Gasteiger partial charge in [-0.25, -0.2) is 9.18 Å². The van der Waals surface area contributed by atoms with Crippen LogP contribution in [-0.4, -0.2) is 18.6 Å². The molecule has 18 heavy (non-hydrogen) atoms. The van der Waals surface area contributed by atoms with Crippen LogP contribution in [0.2, 0.25) is 0 Å². The van der Waals surface area contributed by atoms with Gasteiger partial charge in [-0.2, -0.15) is 0 Å². The van der Waals surface area contributed by atoms with Crippen LogP contribution in [0.4, 0.5) is 9.18 Å². The van der Waals surface area contributed by atoms with Crippen LogP contribution in [0.3, 0.4) is 0 Å². The fourth-order valence-corrected chi connectivity index (χ4v) is 1.99. The number of hydrogen-bond acceptors (Lipinski definition) is 4. The number of amides is 2. The summed E-state index contributed by atoms with van der Waals surface area (Å²) in [7, 11) is 0. The molecule has 0 saturated carbocycles. The molecule has 0 bridgehead atoms. The van der Waals surface area contributed by atoms with Gasteiger partial charge in [0.25, 0.3) is 5.91 Å². The summed E-state index contributed by atoms with van der Waals surface area (Å²) in [6.45, 7) is 0.327. The van der Waals surface area contributed by atoms with E-state index >= 15 is 0 Å². The monoisotopic (exact) mass is 249 g/mol. The van der Waals surface area contributed by atoms with Crippen LogP contribution >= 0.6 is 0 Å². The first-order chi connectivity index (χ1) is 8.65. The smallest absolute Gasteiger partial charge is 0.415 e. The average molecular weight is 249 g/mol. The number of halogens is 1. The molecule has 2 aliphatic rings. The minimum Gasteiger partial charge on any atom is -0.488 e. The number of rotatable bonds is 1. The van der Waals surface area contributed by atoms with Gasteiger partial charge in [-0.1, -0.05) is 6.08 Å². The zero-order valence-electron chi connectivity index (χ0n) is 9.10. The molecule has 1 unspecified atom stereocenters. The number of carbonyl (C=O) groups is 2. The Labute approximate surface area is 101 Å². The molecule has 0 aliphatic carbocycles. The Hall–Kier alpha value is -2.37. The molecule has 3 rings (SSSR count). The summed E-state index contributed by atoms with van der Waals surface area (Å²) in [4.78, 5) is 22.5. The Morgan fingerprint density at radius 2 is 2.17 bits per heavy atom. The second kappa shape index (κ2) is 3.83. The van der Waals surface area contributed by atoms with E-state index in [1.165, 1.54) is 6.07 Å². The highest BCUT2D eigenvalue weighted by Crippen LogP contribution is 2.36. The van der Waals surface area contributed by atoms with E-state index in [1.807, 2.05) is 5.32 Å². The Kier molecular flexibility index (Phi) is 2.29. The largest absolute Gasteiger partial charge is 0.488 e. The third-order valence-corrected chi connectivity index (χ3v) is 2.70. The molecule has 2 aliphatic heterocycles. The normalized spacial score (nSPS) is 21.1. The van der Waals surface area contributed by atoms with Crippen molar-refractivity contribution in [3.05, 3.63) is 35.2 Å². The van der Waals surface area contributed by atoms with Crippen molar-refractivity contribution in [1.82, 2.24) is 5.32 Å². The number of hydrogen-bond donors (Lipinski definition) is 1. The van der Waals surface area contributed by atoms with Crippen molar-refractivity contribution in [1.29, 1.82) is 0 Å². The number of carbonyl (C=O) groups excluding carboxylic acids is 2. The van der Waals surface area contributed by atoms with Gasteiger partial charge < -0.3 is 9.47 Å². The van der Waals surface area contributed by atoms with Gasteiger partial charge in [0.1, 0.15) is 18.2 Å². The summed E-state index contributed by atoms with van der Waals surface area (Å²) in [6, 6.07) is 2.43. The standard InChI is InChI=1S/C12H8FNO4/c13-7-4-6-2-1-3-17-9(6)8(5-7)10-11(15)14-12(16)18-10/h1-2,4-5,10H,3H2,(H,14,15,16). The van der Waals surface area contributed by atoms with Crippen LogP contribution in [-0.2, 0) is 9.53 Å². The van der Waals surface area contributed by atoms with Gasteiger partial charge in [-0.05, 0) is 18.2 Å². The molecule has 1 aromatic rings. The number of cyclic esters (lactones) is 1. The van der Waals surface area contributed by atoms with E-state index in [4.69, 9.17) is 9.47 Å². The van der Waals surface area contributed by atoms with Gasteiger partial charge in [0, 0.05) is 11.1 Å². The van der Waals surface area contributed by atoms with Crippen LogP contribution in [0.1, 0.15) is 17.2 Å². The highest BCUT2D eigenvalue weighted by atomic mass is 19.1. The van der Waals surface area contributed by atoms with E-state index in [-0.39, 0.29) is 5.56 Å². The lowest BCUT2D eigenvalue weighted by Gasteiger charge is -2.18. The summed E-state index contributed by atoms with van der Waals surface area (Å²) >= 11 is 0. The van der Waals surface area contributed by atoms with E-state index in [2.05, 4.69) is 0 Å². The van der Waals surface area contributed by atoms with E-state index in [1.54, 1.807) is 12.2 Å². The maximum atomic E-state index is 13.5. The number of fused-ring (bicyclic) bond motifs is 1. The maximum absolute atomic E-state index is 13.5. The number of ether oxygens (including phenoxy) is 2. The highest BCUT2D eigenvalue weighted by molar-refractivity contribution is 6.00. The number of alkyl carbamates (subject to hydrolysis) is 1. The lowest BCUT2D eigenvalue weighted by atomic mass is 10.0. The summed E-state index contributed by atoms with van der Waals surface area (Å²) in [6.07, 6.45) is 1.43. The zero-order valence-corrected chi connectivity index (χ0v) is 9.10. The van der Waals surface area contributed by atoms with Crippen molar-refractivity contribution in [2.24, 2.45) is 0 Å². The lowest BCUT2D eigenvalue weighted by molar-refractivity contribution is -0.123. The maximum Gasteiger partial charge on any atom is 0.415 e. The topological polar surface area (TPSA) is 64.6 Å². The van der Waals surface area contributed by atoms with Crippen molar-refractivity contribution >= 4 is 18.1 Å². The molecule has 0 aromatic heterocycles. The third-order valence-electron chi connectivity index (χ3n) is 2.70. The SMILES string of the molecule is O=C1NC(=O)C(c2cc(F)cc3c2OCC=C3)O1. The van der Waals surface area contributed by atoms with Crippen molar-refractivity contribution in [2.45, 2.75) is 6.10 Å². The molecule has 1 atom stereocenters. The van der Waals surface area contributed by atoms with Crippen LogP contribution in [0.15, 0.2) is 18.2 Å². The summed E-state index contributed by atoms with van der Waals surface area (Å²) in [5.74, 6) is -0.769.